The molecular formula is C14H21ClN2. The van der Waals surface area contributed by atoms with Gasteiger partial charge in [-0.25, -0.2) is 0 Å². The lowest BCUT2D eigenvalue weighted by Crippen LogP contribution is -2.38. The summed E-state index contributed by atoms with van der Waals surface area (Å²) in [5.41, 5.74) is 1.25. The summed E-state index contributed by atoms with van der Waals surface area (Å²) in [6.45, 7) is 4.20. The van der Waals surface area contributed by atoms with E-state index in [0.29, 0.717) is 6.04 Å². The van der Waals surface area contributed by atoms with E-state index in [2.05, 4.69) is 30.3 Å². The average molecular weight is 253 g/mol. The zero-order valence-corrected chi connectivity index (χ0v) is 11.4. The monoisotopic (exact) mass is 252 g/mol. The molecule has 1 unspecified atom stereocenters. The molecule has 0 radical (unpaired) electrons. The fourth-order valence-corrected chi connectivity index (χ4v) is 2.27. The maximum absolute atomic E-state index is 5.95. The third-order valence-electron chi connectivity index (χ3n) is 3.48. The molecule has 1 fully saturated rings. The molecule has 1 aromatic carbocycles. The van der Waals surface area contributed by atoms with Crippen molar-refractivity contribution < 1.29 is 0 Å². The third kappa shape index (κ3) is 3.98. The van der Waals surface area contributed by atoms with Crippen molar-refractivity contribution in [2.45, 2.75) is 38.4 Å². The minimum Gasteiger partial charge on any atom is -0.311 e. The lowest BCUT2D eigenvalue weighted by molar-refractivity contribution is 0.241. The van der Waals surface area contributed by atoms with Crippen LogP contribution in [0.1, 0.15) is 25.3 Å². The van der Waals surface area contributed by atoms with Gasteiger partial charge in [0.1, 0.15) is 0 Å². The van der Waals surface area contributed by atoms with Crippen LogP contribution in [-0.2, 0) is 6.54 Å². The molecule has 0 saturated heterocycles. The smallest absolute Gasteiger partial charge is 0.0409 e. The maximum Gasteiger partial charge on any atom is 0.0409 e. The molecule has 1 N–H and O–H groups in total. The molecule has 3 heteroatoms. The Bertz CT molecular complexity index is 363. The topological polar surface area (TPSA) is 15.3 Å². The number of nitrogens with one attached hydrogen (secondary N) is 1. The number of nitrogens with zero attached hydrogens (tertiary/aromatic N) is 1. The number of hydrogen-bond donors (Lipinski definition) is 1. The summed E-state index contributed by atoms with van der Waals surface area (Å²) < 4.78 is 0. The Kier molecular flexibility index (Phi) is 4.43. The Morgan fingerprint density at radius 2 is 2.24 bits per heavy atom. The van der Waals surface area contributed by atoms with Crippen molar-refractivity contribution in [2.75, 3.05) is 13.6 Å². The molecule has 17 heavy (non-hydrogen) atoms. The fraction of sp³-hybridized carbons (Fsp3) is 0.571. The number of likely N-dealkylation sites (N-methyl/N-ethyl adjacent to an activating group) is 1. The average Bonchev–Trinajstić information content (AvgIpc) is 3.12. The van der Waals surface area contributed by atoms with E-state index in [9.17, 15) is 0 Å². The second-order valence-electron chi connectivity index (χ2n) is 5.01. The molecule has 1 saturated carbocycles. The first-order chi connectivity index (χ1) is 8.16. The fourth-order valence-electron chi connectivity index (χ4n) is 2.06. The van der Waals surface area contributed by atoms with Crippen LogP contribution in [0.15, 0.2) is 24.3 Å². The third-order valence-corrected chi connectivity index (χ3v) is 3.71. The quantitative estimate of drug-likeness (QED) is 0.838. The van der Waals surface area contributed by atoms with Crippen molar-refractivity contribution in [3.05, 3.63) is 34.9 Å². The van der Waals surface area contributed by atoms with Gasteiger partial charge >= 0.3 is 0 Å². The van der Waals surface area contributed by atoms with Gasteiger partial charge in [-0.1, -0.05) is 23.7 Å². The minimum absolute atomic E-state index is 0.599. The van der Waals surface area contributed by atoms with Gasteiger partial charge in [-0.05, 0) is 44.5 Å². The van der Waals surface area contributed by atoms with E-state index in [1.165, 1.54) is 18.4 Å². The van der Waals surface area contributed by atoms with Gasteiger partial charge in [0.2, 0.25) is 0 Å². The van der Waals surface area contributed by atoms with Crippen molar-refractivity contribution in [3.8, 4) is 0 Å². The first kappa shape index (κ1) is 12.9. The van der Waals surface area contributed by atoms with Crippen molar-refractivity contribution in [2.24, 2.45) is 0 Å². The zero-order chi connectivity index (χ0) is 12.3. The van der Waals surface area contributed by atoms with Gasteiger partial charge < -0.3 is 5.32 Å². The van der Waals surface area contributed by atoms with Gasteiger partial charge in [0, 0.05) is 30.2 Å². The summed E-state index contributed by atoms with van der Waals surface area (Å²) in [5, 5.41) is 4.30. The highest BCUT2D eigenvalue weighted by Gasteiger charge is 2.28. The van der Waals surface area contributed by atoms with E-state index in [0.717, 1.165) is 24.2 Å². The van der Waals surface area contributed by atoms with Crippen LogP contribution in [0.2, 0.25) is 5.02 Å². The van der Waals surface area contributed by atoms with Gasteiger partial charge in [-0.2, -0.15) is 0 Å². The van der Waals surface area contributed by atoms with Gasteiger partial charge in [-0.15, -0.1) is 0 Å². The second-order valence-corrected chi connectivity index (χ2v) is 5.44. The minimum atomic E-state index is 0.599. The van der Waals surface area contributed by atoms with Crippen LogP contribution < -0.4 is 5.32 Å². The Balaban J connectivity index is 1.71. The van der Waals surface area contributed by atoms with Crippen LogP contribution in [0.4, 0.5) is 0 Å². The predicted molar refractivity (Wildman–Crippen MR) is 73.4 cm³/mol. The zero-order valence-electron chi connectivity index (χ0n) is 10.6. The van der Waals surface area contributed by atoms with E-state index in [4.69, 9.17) is 11.6 Å². The second kappa shape index (κ2) is 5.85. The van der Waals surface area contributed by atoms with Crippen LogP contribution in [0.5, 0.6) is 0 Å². The summed E-state index contributed by atoms with van der Waals surface area (Å²) in [6.07, 6.45) is 2.74. The first-order valence-electron chi connectivity index (χ1n) is 6.34. The molecule has 1 aliphatic carbocycles. The SMILES string of the molecule is CC(CNCc1cccc(Cl)c1)N(C)C1CC1. The molecular weight excluding hydrogens is 232 g/mol. The van der Waals surface area contributed by atoms with Gasteiger partial charge in [-0.3, -0.25) is 4.90 Å². The molecule has 1 aromatic rings. The lowest BCUT2D eigenvalue weighted by Gasteiger charge is -2.24. The number of halogens is 1. The van der Waals surface area contributed by atoms with Crippen molar-refractivity contribution in [1.29, 1.82) is 0 Å². The first-order valence-corrected chi connectivity index (χ1v) is 6.71. The molecule has 2 rings (SSSR count). The summed E-state index contributed by atoms with van der Waals surface area (Å²) in [4.78, 5) is 2.48. The summed E-state index contributed by atoms with van der Waals surface area (Å²) in [7, 11) is 2.23. The Morgan fingerprint density at radius 3 is 2.88 bits per heavy atom. The van der Waals surface area contributed by atoms with Gasteiger partial charge in [0.05, 0.1) is 0 Å². The Labute approximate surface area is 109 Å². The Morgan fingerprint density at radius 1 is 1.47 bits per heavy atom. The van der Waals surface area contributed by atoms with Gasteiger partial charge in [0.25, 0.3) is 0 Å². The standard InChI is InChI=1S/C14H21ClN2/c1-11(17(2)14-6-7-14)9-16-10-12-4-3-5-13(15)8-12/h3-5,8,11,14,16H,6-7,9-10H2,1-2H3. The maximum atomic E-state index is 5.95. The highest BCUT2D eigenvalue weighted by atomic mass is 35.5. The van der Waals surface area contributed by atoms with Crippen LogP contribution in [0.25, 0.3) is 0 Å². The normalized spacial score (nSPS) is 17.4. The van der Waals surface area contributed by atoms with E-state index in [1.807, 2.05) is 18.2 Å². The van der Waals surface area contributed by atoms with E-state index in [-0.39, 0.29) is 0 Å². The highest BCUT2D eigenvalue weighted by molar-refractivity contribution is 6.30. The van der Waals surface area contributed by atoms with E-state index >= 15 is 0 Å². The number of rotatable bonds is 6. The summed E-state index contributed by atoms with van der Waals surface area (Å²) in [6, 6.07) is 9.46. The molecule has 0 aromatic heterocycles. The molecule has 0 bridgehead atoms. The Hall–Kier alpha value is -0.570. The van der Waals surface area contributed by atoms with Crippen LogP contribution in [0, 0.1) is 0 Å². The summed E-state index contributed by atoms with van der Waals surface area (Å²) >= 11 is 5.95. The molecule has 0 heterocycles. The molecule has 94 valence electrons. The lowest BCUT2D eigenvalue weighted by atomic mass is 10.2. The number of hydrogen-bond acceptors (Lipinski definition) is 2. The van der Waals surface area contributed by atoms with Crippen molar-refractivity contribution in [1.82, 2.24) is 10.2 Å². The van der Waals surface area contributed by atoms with Gasteiger partial charge in [0.15, 0.2) is 0 Å². The molecule has 1 aliphatic rings. The predicted octanol–water partition coefficient (Wildman–Crippen LogP) is 2.91. The molecule has 1 atom stereocenters. The van der Waals surface area contributed by atoms with Crippen LogP contribution >= 0.6 is 11.6 Å². The molecule has 0 aliphatic heterocycles. The van der Waals surface area contributed by atoms with Crippen LogP contribution in [0.3, 0.4) is 0 Å². The van der Waals surface area contributed by atoms with Crippen molar-refractivity contribution >= 4 is 11.6 Å². The largest absolute Gasteiger partial charge is 0.311 e. The van der Waals surface area contributed by atoms with E-state index < -0.39 is 0 Å². The summed E-state index contributed by atoms with van der Waals surface area (Å²) in [5.74, 6) is 0. The molecule has 0 spiro atoms. The number of benzene rings is 1. The van der Waals surface area contributed by atoms with Crippen molar-refractivity contribution in [3.63, 3.8) is 0 Å². The van der Waals surface area contributed by atoms with Crippen LogP contribution in [-0.4, -0.2) is 30.6 Å². The highest BCUT2D eigenvalue weighted by Crippen LogP contribution is 2.26. The van der Waals surface area contributed by atoms with E-state index in [1.54, 1.807) is 0 Å². The molecule has 0 amide bonds. The molecule has 2 nitrogen and oxygen atoms in total.